The lowest BCUT2D eigenvalue weighted by Crippen LogP contribution is -2.15. The van der Waals surface area contributed by atoms with Crippen LogP contribution in [0.2, 0.25) is 0 Å². The molecule has 3 aromatic carbocycles. The van der Waals surface area contributed by atoms with Gasteiger partial charge in [0.2, 0.25) is 5.91 Å². The fraction of sp³-hybridized carbons (Fsp3) is 0.0870. The van der Waals surface area contributed by atoms with Crippen LogP contribution in [0.5, 0.6) is 0 Å². The molecule has 8 heteroatoms. The van der Waals surface area contributed by atoms with Crippen molar-refractivity contribution in [2.24, 2.45) is 0 Å². The minimum absolute atomic E-state index is 0.128. The largest absolute Gasteiger partial charge is 0.324 e. The molecular formula is C23H18BrFN4OS. The van der Waals surface area contributed by atoms with E-state index in [9.17, 15) is 9.18 Å². The zero-order chi connectivity index (χ0) is 21.8. The van der Waals surface area contributed by atoms with Gasteiger partial charge in [-0.3, -0.25) is 9.36 Å². The average Bonchev–Trinajstić information content (AvgIpc) is 3.18. The Morgan fingerprint density at radius 3 is 2.48 bits per heavy atom. The molecule has 0 saturated carbocycles. The number of rotatable bonds is 6. The van der Waals surface area contributed by atoms with Crippen LogP contribution >= 0.6 is 27.7 Å². The second-order valence-corrected chi connectivity index (χ2v) is 8.57. The predicted molar refractivity (Wildman–Crippen MR) is 125 cm³/mol. The smallest absolute Gasteiger partial charge is 0.234 e. The molecular weight excluding hydrogens is 479 g/mol. The summed E-state index contributed by atoms with van der Waals surface area (Å²) in [5.74, 6) is -0.0484. The van der Waals surface area contributed by atoms with E-state index < -0.39 is 0 Å². The molecule has 0 unspecified atom stereocenters. The number of amides is 1. The van der Waals surface area contributed by atoms with E-state index in [1.807, 2.05) is 55.5 Å². The standard InChI is InChI=1S/C23H18BrFN4OS/c1-15-10-12-16(13-11-15)29-22(17-6-2-4-8-19(17)25)27-28-23(29)31-14-21(30)26-20-9-5-3-7-18(20)24/h2-13H,14H2,1H3,(H,26,30). The summed E-state index contributed by atoms with van der Waals surface area (Å²) in [6.07, 6.45) is 0. The maximum absolute atomic E-state index is 14.5. The van der Waals surface area contributed by atoms with Crippen molar-refractivity contribution in [3.63, 3.8) is 0 Å². The van der Waals surface area contributed by atoms with Gasteiger partial charge in [-0.15, -0.1) is 10.2 Å². The van der Waals surface area contributed by atoms with Crippen LogP contribution in [0.25, 0.3) is 17.1 Å². The first-order valence-corrected chi connectivity index (χ1v) is 11.3. The highest BCUT2D eigenvalue weighted by Gasteiger charge is 2.19. The topological polar surface area (TPSA) is 59.8 Å². The second-order valence-electron chi connectivity index (χ2n) is 6.77. The van der Waals surface area contributed by atoms with Crippen LogP contribution in [0, 0.1) is 12.7 Å². The molecule has 1 heterocycles. The van der Waals surface area contributed by atoms with E-state index in [0.717, 1.165) is 15.7 Å². The first-order chi connectivity index (χ1) is 15.0. The number of para-hydroxylation sites is 1. The van der Waals surface area contributed by atoms with Gasteiger partial charge in [-0.05, 0) is 59.3 Å². The lowest BCUT2D eigenvalue weighted by atomic mass is 10.2. The normalized spacial score (nSPS) is 10.8. The number of halogens is 2. The third-order valence-corrected chi connectivity index (χ3v) is 6.14. The monoisotopic (exact) mass is 496 g/mol. The van der Waals surface area contributed by atoms with Gasteiger partial charge in [0.05, 0.1) is 17.0 Å². The summed E-state index contributed by atoms with van der Waals surface area (Å²) in [4.78, 5) is 12.5. The Morgan fingerprint density at radius 2 is 1.74 bits per heavy atom. The Morgan fingerprint density at radius 1 is 1.03 bits per heavy atom. The third kappa shape index (κ3) is 4.86. The van der Waals surface area contributed by atoms with Gasteiger partial charge in [0.1, 0.15) is 5.82 Å². The number of aryl methyl sites for hydroxylation is 1. The number of thioether (sulfide) groups is 1. The van der Waals surface area contributed by atoms with Gasteiger partial charge in [-0.1, -0.05) is 53.7 Å². The molecule has 4 rings (SSSR count). The summed E-state index contributed by atoms with van der Waals surface area (Å²) in [5, 5.41) is 11.9. The number of aromatic nitrogens is 3. The van der Waals surface area contributed by atoms with Gasteiger partial charge in [-0.25, -0.2) is 4.39 Å². The molecule has 0 aliphatic heterocycles. The minimum Gasteiger partial charge on any atom is -0.324 e. The highest BCUT2D eigenvalue weighted by atomic mass is 79.9. The molecule has 0 spiro atoms. The van der Waals surface area contributed by atoms with E-state index in [-0.39, 0.29) is 17.5 Å². The van der Waals surface area contributed by atoms with Crippen molar-refractivity contribution in [3.8, 4) is 17.1 Å². The molecule has 1 N–H and O–H groups in total. The molecule has 1 amide bonds. The number of carbonyl (C=O) groups is 1. The summed E-state index contributed by atoms with van der Waals surface area (Å²) >= 11 is 4.66. The predicted octanol–water partition coefficient (Wildman–Crippen LogP) is 5.88. The number of hydrogen-bond acceptors (Lipinski definition) is 4. The minimum atomic E-state index is -0.383. The van der Waals surface area contributed by atoms with Crippen molar-refractivity contribution in [2.75, 3.05) is 11.1 Å². The Hall–Kier alpha value is -2.97. The van der Waals surface area contributed by atoms with Crippen molar-refractivity contribution in [3.05, 3.63) is 88.6 Å². The second kappa shape index (κ2) is 9.45. The van der Waals surface area contributed by atoms with Crippen molar-refractivity contribution < 1.29 is 9.18 Å². The van der Waals surface area contributed by atoms with E-state index in [1.54, 1.807) is 22.8 Å². The molecule has 0 radical (unpaired) electrons. The zero-order valence-corrected chi connectivity index (χ0v) is 19.0. The number of nitrogens with zero attached hydrogens (tertiary/aromatic N) is 3. The van der Waals surface area contributed by atoms with Crippen LogP contribution in [-0.2, 0) is 4.79 Å². The molecule has 0 bridgehead atoms. The van der Waals surface area contributed by atoms with Gasteiger partial charge in [0.15, 0.2) is 11.0 Å². The van der Waals surface area contributed by atoms with Crippen molar-refractivity contribution >= 4 is 39.3 Å². The first kappa shape index (κ1) is 21.3. The van der Waals surface area contributed by atoms with E-state index >= 15 is 0 Å². The van der Waals surface area contributed by atoms with Crippen molar-refractivity contribution in [1.29, 1.82) is 0 Å². The summed E-state index contributed by atoms with van der Waals surface area (Å²) in [6, 6.07) is 21.6. The van der Waals surface area contributed by atoms with E-state index in [1.165, 1.54) is 17.8 Å². The van der Waals surface area contributed by atoms with Gasteiger partial charge in [0.25, 0.3) is 0 Å². The van der Waals surface area contributed by atoms with E-state index in [2.05, 4.69) is 31.4 Å². The van der Waals surface area contributed by atoms with Crippen LogP contribution in [0.15, 0.2) is 82.4 Å². The zero-order valence-electron chi connectivity index (χ0n) is 16.5. The van der Waals surface area contributed by atoms with Gasteiger partial charge >= 0.3 is 0 Å². The Labute approximate surface area is 191 Å². The molecule has 1 aromatic heterocycles. The molecule has 4 aromatic rings. The lowest BCUT2D eigenvalue weighted by Gasteiger charge is -2.11. The molecule has 156 valence electrons. The quantitative estimate of drug-likeness (QED) is 0.339. The Balaban J connectivity index is 1.63. The molecule has 5 nitrogen and oxygen atoms in total. The Bertz CT molecular complexity index is 1230. The van der Waals surface area contributed by atoms with Crippen LogP contribution in [0.1, 0.15) is 5.56 Å². The maximum Gasteiger partial charge on any atom is 0.234 e. The molecule has 0 saturated heterocycles. The highest BCUT2D eigenvalue weighted by Crippen LogP contribution is 2.30. The molecule has 0 atom stereocenters. The molecule has 0 aliphatic carbocycles. The summed E-state index contributed by atoms with van der Waals surface area (Å²) in [5.41, 5.74) is 2.94. The maximum atomic E-state index is 14.5. The Kier molecular flexibility index (Phi) is 6.48. The van der Waals surface area contributed by atoms with E-state index in [0.29, 0.717) is 22.2 Å². The van der Waals surface area contributed by atoms with Crippen molar-refractivity contribution in [2.45, 2.75) is 12.1 Å². The van der Waals surface area contributed by atoms with Gasteiger partial charge in [-0.2, -0.15) is 0 Å². The van der Waals surface area contributed by atoms with Crippen LogP contribution in [0.4, 0.5) is 10.1 Å². The average molecular weight is 497 g/mol. The number of benzene rings is 3. The summed E-state index contributed by atoms with van der Waals surface area (Å²) in [7, 11) is 0. The molecule has 0 fully saturated rings. The lowest BCUT2D eigenvalue weighted by molar-refractivity contribution is -0.113. The van der Waals surface area contributed by atoms with Crippen LogP contribution < -0.4 is 5.32 Å². The van der Waals surface area contributed by atoms with Gasteiger partial charge < -0.3 is 5.32 Å². The summed E-state index contributed by atoms with van der Waals surface area (Å²) in [6.45, 7) is 2.00. The fourth-order valence-electron chi connectivity index (χ4n) is 2.99. The highest BCUT2D eigenvalue weighted by molar-refractivity contribution is 9.10. The number of carbonyl (C=O) groups excluding carboxylic acids is 1. The van der Waals surface area contributed by atoms with Crippen LogP contribution in [0.3, 0.4) is 0 Å². The van der Waals surface area contributed by atoms with E-state index in [4.69, 9.17) is 0 Å². The first-order valence-electron chi connectivity index (χ1n) is 9.47. The summed E-state index contributed by atoms with van der Waals surface area (Å²) < 4.78 is 17.1. The number of anilines is 1. The molecule has 31 heavy (non-hydrogen) atoms. The van der Waals surface area contributed by atoms with Crippen molar-refractivity contribution in [1.82, 2.24) is 14.8 Å². The van der Waals surface area contributed by atoms with Crippen LogP contribution in [-0.4, -0.2) is 26.4 Å². The SMILES string of the molecule is Cc1ccc(-n2c(SCC(=O)Nc3ccccc3Br)nnc2-c2ccccc2F)cc1. The molecule has 0 aliphatic rings. The number of hydrogen-bond donors (Lipinski definition) is 1. The van der Waals surface area contributed by atoms with Gasteiger partial charge in [0, 0.05) is 10.2 Å². The third-order valence-electron chi connectivity index (χ3n) is 4.52. The number of nitrogens with one attached hydrogen (secondary N) is 1. The fourth-order valence-corrected chi connectivity index (χ4v) is 4.12.